The van der Waals surface area contributed by atoms with Crippen molar-refractivity contribution in [3.05, 3.63) is 65.9 Å². The second kappa shape index (κ2) is 10.1. The topological polar surface area (TPSA) is 111 Å². The van der Waals surface area contributed by atoms with E-state index in [0.717, 1.165) is 18.2 Å². The molecule has 0 radical (unpaired) electrons. The van der Waals surface area contributed by atoms with Crippen LogP contribution in [0.15, 0.2) is 48.5 Å². The molecular formula is C25H24F2N4O5. The fourth-order valence-corrected chi connectivity index (χ4v) is 3.29. The number of ether oxygens (including phenoxy) is 3. The molecular weight excluding hydrogens is 474 g/mol. The van der Waals surface area contributed by atoms with E-state index < -0.39 is 29.2 Å². The number of benzene rings is 2. The van der Waals surface area contributed by atoms with Gasteiger partial charge in [-0.25, -0.2) is 18.6 Å². The van der Waals surface area contributed by atoms with Crippen molar-refractivity contribution in [2.24, 2.45) is 0 Å². The van der Waals surface area contributed by atoms with Crippen molar-refractivity contribution in [2.75, 3.05) is 29.2 Å². The molecule has 0 bridgehead atoms. The van der Waals surface area contributed by atoms with Gasteiger partial charge in [-0.2, -0.15) is 0 Å². The van der Waals surface area contributed by atoms with E-state index in [1.165, 1.54) is 12.1 Å². The summed E-state index contributed by atoms with van der Waals surface area (Å²) in [7, 11) is 0. The lowest BCUT2D eigenvalue weighted by Gasteiger charge is -2.20. The van der Waals surface area contributed by atoms with Gasteiger partial charge in [0.25, 0.3) is 5.91 Å². The maximum atomic E-state index is 13.7. The average Bonchev–Trinajstić information content (AvgIpc) is 2.76. The van der Waals surface area contributed by atoms with Gasteiger partial charge in [0.05, 0.1) is 5.69 Å². The van der Waals surface area contributed by atoms with Gasteiger partial charge in [0.2, 0.25) is 0 Å². The van der Waals surface area contributed by atoms with Crippen LogP contribution in [0.5, 0.6) is 11.5 Å². The van der Waals surface area contributed by atoms with Crippen LogP contribution in [-0.4, -0.2) is 35.8 Å². The third-order valence-corrected chi connectivity index (χ3v) is 4.64. The van der Waals surface area contributed by atoms with E-state index in [1.54, 1.807) is 39.0 Å². The minimum atomic E-state index is -0.794. The smallest absolute Gasteiger partial charge is 0.412 e. The zero-order valence-corrected chi connectivity index (χ0v) is 19.8. The maximum absolute atomic E-state index is 13.7. The van der Waals surface area contributed by atoms with Crippen molar-refractivity contribution in [3.8, 4) is 11.5 Å². The Morgan fingerprint density at radius 3 is 2.25 bits per heavy atom. The first-order valence-electron chi connectivity index (χ1n) is 11.0. The third kappa shape index (κ3) is 6.59. The van der Waals surface area contributed by atoms with Gasteiger partial charge in [-0.15, -0.1) is 0 Å². The lowest BCUT2D eigenvalue weighted by atomic mass is 10.2. The molecule has 3 N–H and O–H groups in total. The van der Waals surface area contributed by atoms with E-state index in [-0.39, 0.29) is 22.9 Å². The standard InChI is InChI=1S/C25H24F2N4O5/c1-25(2,3)36-24(33)30-18-11-19(31-22(13-18)28-17-9-14(26)8-15(27)10-17)23(32)29-16-4-5-20-21(12-16)35-7-6-34-20/h4-5,8-13H,6-7H2,1-3H3,(H,29,32)(H2,28,30,31,33). The number of halogens is 2. The van der Waals surface area contributed by atoms with Crippen LogP contribution >= 0.6 is 0 Å². The van der Waals surface area contributed by atoms with Crippen LogP contribution in [0.2, 0.25) is 0 Å². The monoisotopic (exact) mass is 498 g/mol. The lowest BCUT2D eigenvalue weighted by Crippen LogP contribution is -2.27. The Morgan fingerprint density at radius 1 is 0.861 bits per heavy atom. The summed E-state index contributed by atoms with van der Waals surface area (Å²) in [6.45, 7) is 5.94. The van der Waals surface area contributed by atoms with Crippen LogP contribution < -0.4 is 25.4 Å². The molecule has 0 fully saturated rings. The SMILES string of the molecule is CC(C)(C)OC(=O)Nc1cc(Nc2cc(F)cc(F)c2)nc(C(=O)Nc2ccc3c(c2)OCCO3)c1. The largest absolute Gasteiger partial charge is 0.486 e. The molecule has 2 aromatic carbocycles. The summed E-state index contributed by atoms with van der Waals surface area (Å²) in [5.41, 5.74) is -0.176. The summed E-state index contributed by atoms with van der Waals surface area (Å²) >= 11 is 0. The second-order valence-electron chi connectivity index (χ2n) is 8.85. The van der Waals surface area contributed by atoms with Crippen molar-refractivity contribution in [1.29, 1.82) is 0 Å². The van der Waals surface area contributed by atoms with Crippen LogP contribution in [0, 0.1) is 11.6 Å². The molecule has 0 saturated carbocycles. The number of hydrogen-bond acceptors (Lipinski definition) is 7. The first kappa shape index (κ1) is 24.7. The molecule has 3 aromatic rings. The minimum absolute atomic E-state index is 0.0564. The molecule has 188 valence electrons. The van der Waals surface area contributed by atoms with Gasteiger partial charge in [-0.3, -0.25) is 10.1 Å². The third-order valence-electron chi connectivity index (χ3n) is 4.64. The zero-order chi connectivity index (χ0) is 25.9. The molecule has 0 spiro atoms. The van der Waals surface area contributed by atoms with Crippen LogP contribution in [0.25, 0.3) is 0 Å². The minimum Gasteiger partial charge on any atom is -0.486 e. The molecule has 0 atom stereocenters. The van der Waals surface area contributed by atoms with Gasteiger partial charge in [0.15, 0.2) is 11.5 Å². The van der Waals surface area contributed by atoms with E-state index in [4.69, 9.17) is 14.2 Å². The number of nitrogens with zero attached hydrogens (tertiary/aromatic N) is 1. The Kier molecular flexibility index (Phi) is 6.91. The number of anilines is 4. The highest BCUT2D eigenvalue weighted by Gasteiger charge is 2.19. The molecule has 11 heteroatoms. The first-order valence-corrected chi connectivity index (χ1v) is 11.0. The van der Waals surface area contributed by atoms with Crippen molar-refractivity contribution in [3.63, 3.8) is 0 Å². The predicted octanol–water partition coefficient (Wildman–Crippen LogP) is 5.47. The fourth-order valence-electron chi connectivity index (χ4n) is 3.29. The van der Waals surface area contributed by atoms with Crippen molar-refractivity contribution in [1.82, 2.24) is 4.98 Å². The van der Waals surface area contributed by atoms with Gasteiger partial charge in [-0.1, -0.05) is 0 Å². The molecule has 4 rings (SSSR count). The van der Waals surface area contributed by atoms with Crippen LogP contribution in [0.1, 0.15) is 31.3 Å². The highest BCUT2D eigenvalue weighted by Crippen LogP contribution is 2.33. The van der Waals surface area contributed by atoms with E-state index in [0.29, 0.717) is 30.4 Å². The summed E-state index contributed by atoms with van der Waals surface area (Å²) in [6, 6.07) is 10.5. The summed E-state index contributed by atoms with van der Waals surface area (Å²) in [5.74, 6) is -1.08. The van der Waals surface area contributed by atoms with Gasteiger partial charge in [0, 0.05) is 29.6 Å². The van der Waals surface area contributed by atoms with Crippen molar-refractivity contribution in [2.45, 2.75) is 26.4 Å². The number of pyridine rings is 1. The highest BCUT2D eigenvalue weighted by molar-refractivity contribution is 6.04. The summed E-state index contributed by atoms with van der Waals surface area (Å²) in [4.78, 5) is 29.6. The predicted molar refractivity (Wildman–Crippen MR) is 129 cm³/mol. The van der Waals surface area contributed by atoms with E-state index >= 15 is 0 Å². The quantitative estimate of drug-likeness (QED) is 0.428. The van der Waals surface area contributed by atoms with Gasteiger partial charge in [0.1, 0.15) is 42.0 Å². The number of hydrogen-bond donors (Lipinski definition) is 3. The van der Waals surface area contributed by atoms with Gasteiger partial charge >= 0.3 is 6.09 Å². The normalized spacial score (nSPS) is 12.5. The van der Waals surface area contributed by atoms with Crippen LogP contribution in [-0.2, 0) is 4.74 Å². The number of aromatic nitrogens is 1. The second-order valence-corrected chi connectivity index (χ2v) is 8.85. The van der Waals surface area contributed by atoms with E-state index in [9.17, 15) is 18.4 Å². The fraction of sp³-hybridized carbons (Fsp3) is 0.240. The van der Waals surface area contributed by atoms with Crippen molar-refractivity contribution < 1.29 is 32.6 Å². The number of amides is 2. The Balaban J connectivity index is 1.61. The van der Waals surface area contributed by atoms with E-state index in [2.05, 4.69) is 20.9 Å². The highest BCUT2D eigenvalue weighted by atomic mass is 19.1. The van der Waals surface area contributed by atoms with E-state index in [1.807, 2.05) is 0 Å². The Bertz CT molecular complexity index is 1290. The molecule has 9 nitrogen and oxygen atoms in total. The Hall–Kier alpha value is -4.41. The molecule has 36 heavy (non-hydrogen) atoms. The maximum Gasteiger partial charge on any atom is 0.412 e. The molecule has 2 amide bonds. The number of rotatable bonds is 5. The molecule has 1 aromatic heterocycles. The van der Waals surface area contributed by atoms with Gasteiger partial charge < -0.3 is 24.8 Å². The average molecular weight is 498 g/mol. The lowest BCUT2D eigenvalue weighted by molar-refractivity contribution is 0.0635. The van der Waals surface area contributed by atoms with Crippen LogP contribution in [0.3, 0.4) is 0 Å². The molecule has 1 aliphatic rings. The van der Waals surface area contributed by atoms with Crippen molar-refractivity contribution >= 4 is 34.9 Å². The molecule has 1 aliphatic heterocycles. The van der Waals surface area contributed by atoms with Crippen LogP contribution in [0.4, 0.5) is 36.5 Å². The number of carbonyl (C=O) groups excluding carboxylic acids is 2. The molecule has 0 unspecified atom stereocenters. The molecule has 0 aliphatic carbocycles. The number of fused-ring (bicyclic) bond motifs is 1. The van der Waals surface area contributed by atoms with Gasteiger partial charge in [-0.05, 0) is 51.1 Å². The Morgan fingerprint density at radius 2 is 1.56 bits per heavy atom. The summed E-state index contributed by atoms with van der Waals surface area (Å²) in [5, 5.41) is 8.00. The molecule has 0 saturated heterocycles. The zero-order valence-electron chi connectivity index (χ0n) is 19.8. The summed E-state index contributed by atoms with van der Waals surface area (Å²) in [6.07, 6.45) is -0.755. The first-order chi connectivity index (χ1) is 17.0. The summed E-state index contributed by atoms with van der Waals surface area (Å²) < 4.78 is 43.6. The number of nitrogens with one attached hydrogen (secondary N) is 3. The Labute approximate surface area is 205 Å². The number of carbonyl (C=O) groups is 2. The molecule has 2 heterocycles.